The van der Waals surface area contributed by atoms with Crippen LogP contribution in [-0.4, -0.2) is 26.7 Å². The zero-order valence-electron chi connectivity index (χ0n) is 11.6. The Kier molecular flexibility index (Phi) is 4.85. The molecule has 1 aliphatic rings. The van der Waals surface area contributed by atoms with Gasteiger partial charge in [0.1, 0.15) is 0 Å². The molecule has 1 unspecified atom stereocenters. The molecule has 4 atom stereocenters. The Hall–Kier alpha value is -0.120. The van der Waals surface area contributed by atoms with Gasteiger partial charge in [-0.25, -0.2) is 0 Å². The predicted octanol–water partition coefficient (Wildman–Crippen LogP) is 3.43. The van der Waals surface area contributed by atoms with E-state index in [9.17, 15) is 10.2 Å². The average molecular weight is 317 g/mol. The van der Waals surface area contributed by atoms with Gasteiger partial charge in [0.15, 0.2) is 0 Å². The number of hydrogen-bond donors (Lipinski definition) is 2. The van der Waals surface area contributed by atoms with Gasteiger partial charge in [0, 0.05) is 4.83 Å². The topological polar surface area (TPSA) is 40.5 Å². The highest BCUT2D eigenvalue weighted by Crippen LogP contribution is 2.49. The molecule has 1 fully saturated rings. The minimum absolute atomic E-state index is 0.0353. The van der Waals surface area contributed by atoms with Crippen molar-refractivity contribution in [3.63, 3.8) is 0 Å². The van der Waals surface area contributed by atoms with Gasteiger partial charge in [-0.1, -0.05) is 42.4 Å². The number of hydrogen-bond acceptors (Lipinski definition) is 2. The molecule has 1 saturated carbocycles. The van der Waals surface area contributed by atoms with E-state index in [-0.39, 0.29) is 16.2 Å². The van der Waals surface area contributed by atoms with Crippen LogP contribution in [0.25, 0.3) is 0 Å². The molecule has 0 aromatic rings. The molecule has 3 heteroatoms. The molecule has 1 rings (SSSR count). The largest absolute Gasteiger partial charge is 0.389 e. The molecule has 0 spiro atoms. The van der Waals surface area contributed by atoms with Crippen molar-refractivity contribution in [1.29, 1.82) is 0 Å². The highest BCUT2D eigenvalue weighted by Gasteiger charge is 2.44. The Bertz CT molecular complexity index is 333. The lowest BCUT2D eigenvalue weighted by Gasteiger charge is -2.46. The van der Waals surface area contributed by atoms with Gasteiger partial charge in [-0.15, -0.1) is 6.58 Å². The maximum Gasteiger partial charge on any atom is 0.0797 e. The van der Waals surface area contributed by atoms with Crippen molar-refractivity contribution in [2.24, 2.45) is 11.3 Å². The summed E-state index contributed by atoms with van der Waals surface area (Å²) in [7, 11) is 0. The quantitative estimate of drug-likeness (QED) is 0.616. The number of rotatable bonds is 4. The van der Waals surface area contributed by atoms with Crippen molar-refractivity contribution in [3.05, 3.63) is 24.8 Å². The van der Waals surface area contributed by atoms with Gasteiger partial charge in [0.25, 0.3) is 0 Å². The Morgan fingerprint density at radius 1 is 1.56 bits per heavy atom. The molecule has 0 radical (unpaired) electrons. The zero-order valence-corrected chi connectivity index (χ0v) is 13.2. The Morgan fingerprint density at radius 2 is 2.11 bits per heavy atom. The van der Waals surface area contributed by atoms with E-state index in [1.54, 1.807) is 13.0 Å². The minimum atomic E-state index is -0.847. The summed E-state index contributed by atoms with van der Waals surface area (Å²) >= 11 is 3.67. The monoisotopic (exact) mass is 316 g/mol. The lowest BCUT2D eigenvalue weighted by molar-refractivity contribution is 0.0596. The molecule has 2 N–H and O–H groups in total. The lowest BCUT2D eigenvalue weighted by atomic mass is 9.63. The summed E-state index contributed by atoms with van der Waals surface area (Å²) in [6, 6.07) is 0. The summed E-state index contributed by atoms with van der Waals surface area (Å²) in [4.78, 5) is 0.268. The molecule has 0 aromatic carbocycles. The van der Waals surface area contributed by atoms with Gasteiger partial charge in [-0.2, -0.15) is 0 Å². The molecular weight excluding hydrogens is 292 g/mol. The molecule has 2 nitrogen and oxygen atoms in total. The molecule has 0 amide bonds. The molecular formula is C15H25BrO2. The van der Waals surface area contributed by atoms with Crippen LogP contribution in [0.2, 0.25) is 0 Å². The molecule has 18 heavy (non-hydrogen) atoms. The highest BCUT2D eigenvalue weighted by atomic mass is 79.9. The first kappa shape index (κ1) is 15.9. The SMILES string of the molecule is C=CC(C)(O)CC[C@H]1C(=C)[C@H](O)C[C@@H](Br)C1(C)C. The van der Waals surface area contributed by atoms with Crippen LogP contribution in [0.15, 0.2) is 24.8 Å². The fourth-order valence-electron chi connectivity index (χ4n) is 2.68. The number of halogens is 1. The summed E-state index contributed by atoms with van der Waals surface area (Å²) in [5.41, 5.74) is 0.0873. The van der Waals surface area contributed by atoms with E-state index in [1.165, 1.54) is 0 Å². The lowest BCUT2D eigenvalue weighted by Crippen LogP contribution is -2.44. The van der Waals surface area contributed by atoms with Crippen LogP contribution in [-0.2, 0) is 0 Å². The van der Waals surface area contributed by atoms with Gasteiger partial charge in [0.05, 0.1) is 11.7 Å². The number of aliphatic hydroxyl groups excluding tert-OH is 1. The Morgan fingerprint density at radius 3 is 2.61 bits per heavy atom. The van der Waals surface area contributed by atoms with E-state index in [2.05, 4.69) is 42.9 Å². The second kappa shape index (κ2) is 5.48. The van der Waals surface area contributed by atoms with E-state index < -0.39 is 11.7 Å². The van der Waals surface area contributed by atoms with Gasteiger partial charge in [-0.3, -0.25) is 0 Å². The van der Waals surface area contributed by atoms with E-state index in [0.717, 1.165) is 12.0 Å². The van der Waals surface area contributed by atoms with Crippen LogP contribution in [0.4, 0.5) is 0 Å². The second-order valence-electron chi connectivity index (χ2n) is 6.27. The molecule has 1 aliphatic carbocycles. The van der Waals surface area contributed by atoms with Gasteiger partial charge >= 0.3 is 0 Å². The summed E-state index contributed by atoms with van der Waals surface area (Å²) in [5.74, 6) is 0.206. The van der Waals surface area contributed by atoms with Crippen LogP contribution in [0, 0.1) is 11.3 Å². The summed E-state index contributed by atoms with van der Waals surface area (Å²) in [5, 5.41) is 20.0. The van der Waals surface area contributed by atoms with Crippen molar-refractivity contribution in [2.75, 3.05) is 0 Å². The summed E-state index contributed by atoms with van der Waals surface area (Å²) < 4.78 is 0. The van der Waals surface area contributed by atoms with Gasteiger partial charge in [-0.05, 0) is 43.1 Å². The molecule has 0 saturated heterocycles. The van der Waals surface area contributed by atoms with E-state index >= 15 is 0 Å². The third kappa shape index (κ3) is 3.25. The Labute approximate surface area is 119 Å². The zero-order chi connectivity index (χ0) is 14.1. The fraction of sp³-hybridized carbons (Fsp3) is 0.733. The van der Waals surface area contributed by atoms with Gasteiger partial charge < -0.3 is 10.2 Å². The fourth-order valence-corrected chi connectivity index (χ4v) is 3.35. The van der Waals surface area contributed by atoms with Crippen LogP contribution in [0.5, 0.6) is 0 Å². The smallest absolute Gasteiger partial charge is 0.0797 e. The first-order valence-electron chi connectivity index (χ1n) is 6.48. The minimum Gasteiger partial charge on any atom is -0.389 e. The van der Waals surface area contributed by atoms with Crippen LogP contribution < -0.4 is 0 Å². The van der Waals surface area contributed by atoms with Gasteiger partial charge in [0.2, 0.25) is 0 Å². The molecule has 0 aliphatic heterocycles. The normalized spacial score (nSPS) is 35.0. The standard InChI is InChI=1S/C15H25BrO2/c1-6-15(5,18)8-7-11-10(2)12(17)9-13(16)14(11,3)4/h6,11-13,17-18H,1-2,7-9H2,3-5H3/t11-,12+,13+,15?/m0/s1. The maximum atomic E-state index is 10.0. The number of aliphatic hydroxyl groups is 2. The van der Waals surface area contributed by atoms with Crippen LogP contribution in [0.1, 0.15) is 40.0 Å². The predicted molar refractivity (Wildman–Crippen MR) is 79.8 cm³/mol. The van der Waals surface area contributed by atoms with Crippen molar-refractivity contribution in [2.45, 2.75) is 56.6 Å². The number of alkyl halides is 1. The van der Waals surface area contributed by atoms with Crippen molar-refractivity contribution in [3.8, 4) is 0 Å². The average Bonchev–Trinajstić information content (AvgIpc) is 2.26. The van der Waals surface area contributed by atoms with Crippen LogP contribution >= 0.6 is 15.9 Å². The van der Waals surface area contributed by atoms with E-state index in [0.29, 0.717) is 12.8 Å². The highest BCUT2D eigenvalue weighted by molar-refractivity contribution is 9.09. The molecule has 0 aromatic heterocycles. The van der Waals surface area contributed by atoms with Crippen molar-refractivity contribution in [1.82, 2.24) is 0 Å². The maximum absolute atomic E-state index is 10.0. The van der Waals surface area contributed by atoms with E-state index in [4.69, 9.17) is 0 Å². The molecule has 0 heterocycles. The van der Waals surface area contributed by atoms with Crippen LogP contribution in [0.3, 0.4) is 0 Å². The first-order chi connectivity index (χ1) is 8.12. The molecule has 104 valence electrons. The Balaban J connectivity index is 2.82. The van der Waals surface area contributed by atoms with E-state index in [1.807, 2.05) is 0 Å². The van der Waals surface area contributed by atoms with Crippen molar-refractivity contribution >= 4 is 15.9 Å². The second-order valence-corrected chi connectivity index (χ2v) is 7.37. The van der Waals surface area contributed by atoms with Crippen molar-refractivity contribution < 1.29 is 10.2 Å². The third-order valence-electron chi connectivity index (χ3n) is 4.39. The first-order valence-corrected chi connectivity index (χ1v) is 7.40. The third-order valence-corrected chi connectivity index (χ3v) is 5.94. The summed E-state index contributed by atoms with van der Waals surface area (Å²) in [6.45, 7) is 13.9. The summed E-state index contributed by atoms with van der Waals surface area (Å²) in [6.07, 6.45) is 3.29. The molecule has 0 bridgehead atoms.